The van der Waals surface area contributed by atoms with Gasteiger partial charge in [-0.25, -0.2) is 21.6 Å². The second-order valence-corrected chi connectivity index (χ2v) is 11.3. The van der Waals surface area contributed by atoms with E-state index in [1.165, 1.54) is 0 Å². The lowest BCUT2D eigenvalue weighted by Crippen LogP contribution is -2.26. The molecule has 0 N–H and O–H groups in total. The highest BCUT2D eigenvalue weighted by atomic mass is 32.2. The summed E-state index contributed by atoms with van der Waals surface area (Å²) in [5.41, 5.74) is -0.822. The third-order valence-corrected chi connectivity index (χ3v) is 7.84. The monoisotopic (exact) mass is 469 g/mol. The Morgan fingerprint density at radius 2 is 1.97 bits per heavy atom. The van der Waals surface area contributed by atoms with Gasteiger partial charge in [0, 0.05) is 17.7 Å². The summed E-state index contributed by atoms with van der Waals surface area (Å²) in [5, 5.41) is 3.70. The van der Waals surface area contributed by atoms with E-state index in [9.17, 15) is 26.4 Å². The lowest BCUT2D eigenvalue weighted by atomic mass is 9.99. The number of hydrogen-bond acceptors (Lipinski definition) is 10. The summed E-state index contributed by atoms with van der Waals surface area (Å²) < 4.78 is 65.6. The molecule has 0 amide bonds. The molecule has 31 heavy (non-hydrogen) atoms. The fraction of sp³-hybridized carbons (Fsp3) is 0.421. The Hall–Kier alpha value is -2.73. The van der Waals surface area contributed by atoms with Crippen molar-refractivity contribution < 1.29 is 40.4 Å². The average molecular weight is 469 g/mol. The molecule has 0 saturated heterocycles. The standard InChI is InChI=1S/C19H19NO9S2/c1-3-27-19(22)14-13(16(29-20-14)10-4-5-10)15(21)11-6-7-12(30(2,23)24)17-18(11)31(25,26)9-8-28-17/h6-7,10H,3-5,8-9H2,1-2H3. The minimum absolute atomic E-state index is 0.0404. The minimum Gasteiger partial charge on any atom is -0.490 e. The average Bonchev–Trinajstić information content (AvgIpc) is 3.43. The first-order valence-electron chi connectivity index (χ1n) is 9.50. The zero-order valence-corrected chi connectivity index (χ0v) is 18.3. The highest BCUT2D eigenvalue weighted by Gasteiger charge is 2.41. The third kappa shape index (κ3) is 3.74. The van der Waals surface area contributed by atoms with Gasteiger partial charge in [-0.05, 0) is 31.9 Å². The fourth-order valence-corrected chi connectivity index (χ4v) is 5.77. The van der Waals surface area contributed by atoms with Gasteiger partial charge in [0.15, 0.2) is 31.2 Å². The van der Waals surface area contributed by atoms with E-state index < -0.39 is 42.1 Å². The van der Waals surface area contributed by atoms with E-state index in [4.69, 9.17) is 14.0 Å². The number of esters is 1. The van der Waals surface area contributed by atoms with E-state index in [0.717, 1.165) is 31.2 Å². The minimum atomic E-state index is -4.03. The van der Waals surface area contributed by atoms with Crippen molar-refractivity contribution in [3.05, 3.63) is 34.7 Å². The molecule has 0 unspecified atom stereocenters. The number of rotatable bonds is 6. The molecule has 1 fully saturated rings. The van der Waals surface area contributed by atoms with E-state index in [2.05, 4.69) is 5.16 Å². The number of carbonyl (C=O) groups is 2. The van der Waals surface area contributed by atoms with Crippen molar-refractivity contribution in [1.29, 1.82) is 0 Å². The van der Waals surface area contributed by atoms with Crippen LogP contribution in [0, 0.1) is 0 Å². The first-order chi connectivity index (χ1) is 14.6. The van der Waals surface area contributed by atoms with Crippen molar-refractivity contribution in [2.24, 2.45) is 0 Å². The normalized spacial score (nSPS) is 17.5. The van der Waals surface area contributed by atoms with E-state index in [-0.39, 0.29) is 52.4 Å². The lowest BCUT2D eigenvalue weighted by molar-refractivity contribution is 0.0512. The van der Waals surface area contributed by atoms with Crippen LogP contribution in [0.25, 0.3) is 0 Å². The van der Waals surface area contributed by atoms with Gasteiger partial charge in [0.25, 0.3) is 0 Å². The number of nitrogens with zero attached hydrogens (tertiary/aromatic N) is 1. The van der Waals surface area contributed by atoms with Crippen LogP contribution in [-0.4, -0.2) is 59.0 Å². The van der Waals surface area contributed by atoms with E-state index >= 15 is 0 Å². The smallest absolute Gasteiger partial charge is 0.361 e. The van der Waals surface area contributed by atoms with Gasteiger partial charge in [-0.3, -0.25) is 4.79 Å². The van der Waals surface area contributed by atoms with Crippen LogP contribution < -0.4 is 4.74 Å². The number of benzene rings is 1. The van der Waals surface area contributed by atoms with E-state index in [1.54, 1.807) is 6.92 Å². The SMILES string of the molecule is CCOC(=O)c1noc(C2CC2)c1C(=O)c1ccc(S(C)(=O)=O)c2c1S(=O)(=O)CCO2. The Morgan fingerprint density at radius 1 is 1.26 bits per heavy atom. The lowest BCUT2D eigenvalue weighted by Gasteiger charge is -2.22. The molecule has 0 radical (unpaired) electrons. The molecule has 1 aromatic heterocycles. The van der Waals surface area contributed by atoms with Crippen LogP contribution in [0.1, 0.15) is 57.9 Å². The second kappa shape index (κ2) is 7.45. The van der Waals surface area contributed by atoms with Crippen molar-refractivity contribution in [3.8, 4) is 5.75 Å². The molecule has 166 valence electrons. The third-order valence-electron chi connectivity index (χ3n) is 4.99. The van der Waals surface area contributed by atoms with Crippen molar-refractivity contribution in [1.82, 2.24) is 5.16 Å². The number of aromatic nitrogens is 1. The highest BCUT2D eigenvalue weighted by molar-refractivity contribution is 7.92. The Bertz CT molecular complexity index is 1300. The maximum atomic E-state index is 13.5. The molecule has 2 heterocycles. The Morgan fingerprint density at radius 3 is 2.58 bits per heavy atom. The number of carbonyl (C=O) groups excluding carboxylic acids is 2. The topological polar surface area (TPSA) is 147 Å². The summed E-state index contributed by atoms with van der Waals surface area (Å²) in [5.74, 6) is -2.44. The van der Waals surface area contributed by atoms with E-state index in [0.29, 0.717) is 0 Å². The first-order valence-corrected chi connectivity index (χ1v) is 13.0. The number of ketones is 1. The maximum absolute atomic E-state index is 13.5. The summed E-state index contributed by atoms with van der Waals surface area (Å²) in [6.45, 7) is 1.38. The molecule has 0 atom stereocenters. The second-order valence-electron chi connectivity index (χ2n) is 7.30. The largest absolute Gasteiger partial charge is 0.490 e. The molecule has 1 saturated carbocycles. The molecule has 12 heteroatoms. The Kier molecular flexibility index (Phi) is 5.16. The molecule has 1 aromatic carbocycles. The van der Waals surface area contributed by atoms with Crippen LogP contribution in [0.3, 0.4) is 0 Å². The van der Waals surface area contributed by atoms with Crippen molar-refractivity contribution in [2.75, 3.05) is 25.2 Å². The molecular formula is C19H19NO9S2. The van der Waals surface area contributed by atoms with Crippen molar-refractivity contribution in [2.45, 2.75) is 35.5 Å². The molecule has 1 aliphatic carbocycles. The van der Waals surface area contributed by atoms with Crippen LogP contribution in [-0.2, 0) is 24.4 Å². The quantitative estimate of drug-likeness (QED) is 0.450. The van der Waals surface area contributed by atoms with Gasteiger partial charge in [-0.1, -0.05) is 5.16 Å². The van der Waals surface area contributed by atoms with Crippen LogP contribution in [0.2, 0.25) is 0 Å². The van der Waals surface area contributed by atoms with Gasteiger partial charge in [0.1, 0.15) is 22.0 Å². The molecule has 0 bridgehead atoms. The maximum Gasteiger partial charge on any atom is 0.361 e. The summed E-state index contributed by atoms with van der Waals surface area (Å²) >= 11 is 0. The summed E-state index contributed by atoms with van der Waals surface area (Å²) in [6.07, 6.45) is 2.37. The molecular weight excluding hydrogens is 450 g/mol. The number of fused-ring (bicyclic) bond motifs is 1. The van der Waals surface area contributed by atoms with Crippen molar-refractivity contribution in [3.63, 3.8) is 0 Å². The number of hydrogen-bond donors (Lipinski definition) is 0. The van der Waals surface area contributed by atoms with Crippen LogP contribution in [0.4, 0.5) is 0 Å². The van der Waals surface area contributed by atoms with Crippen LogP contribution >= 0.6 is 0 Å². The van der Waals surface area contributed by atoms with Gasteiger partial charge in [-0.2, -0.15) is 0 Å². The van der Waals surface area contributed by atoms with Crippen molar-refractivity contribution >= 4 is 31.4 Å². The molecule has 0 spiro atoms. The number of ether oxygens (including phenoxy) is 2. The van der Waals surface area contributed by atoms with Gasteiger partial charge >= 0.3 is 5.97 Å². The molecule has 4 rings (SSSR count). The fourth-order valence-electron chi connectivity index (χ4n) is 3.44. The molecule has 2 aliphatic rings. The molecule has 10 nitrogen and oxygen atoms in total. The highest BCUT2D eigenvalue weighted by Crippen LogP contribution is 2.44. The summed E-state index contributed by atoms with van der Waals surface area (Å²) in [6, 6.07) is 2.24. The van der Waals surface area contributed by atoms with Crippen LogP contribution in [0.15, 0.2) is 26.4 Å². The summed E-state index contributed by atoms with van der Waals surface area (Å²) in [7, 11) is -7.87. The Balaban J connectivity index is 1.96. The predicted octanol–water partition coefficient (Wildman–Crippen LogP) is 1.53. The Labute approximate surface area is 178 Å². The number of sulfone groups is 2. The molecule has 1 aliphatic heterocycles. The van der Waals surface area contributed by atoms with E-state index in [1.807, 2.05) is 0 Å². The predicted molar refractivity (Wildman–Crippen MR) is 105 cm³/mol. The molecule has 2 aromatic rings. The summed E-state index contributed by atoms with van der Waals surface area (Å²) in [4.78, 5) is 25.0. The first kappa shape index (κ1) is 21.5. The zero-order valence-electron chi connectivity index (χ0n) is 16.7. The van der Waals surface area contributed by atoms with Gasteiger partial charge in [-0.15, -0.1) is 0 Å². The van der Waals surface area contributed by atoms with Gasteiger partial charge < -0.3 is 14.0 Å². The van der Waals surface area contributed by atoms with Gasteiger partial charge in [0.05, 0.1) is 12.4 Å². The van der Waals surface area contributed by atoms with Gasteiger partial charge in [0.2, 0.25) is 11.5 Å². The zero-order chi connectivity index (χ0) is 22.6. The van der Waals surface area contributed by atoms with Crippen LogP contribution in [0.5, 0.6) is 5.75 Å².